The van der Waals surface area contributed by atoms with Crippen molar-refractivity contribution in [2.75, 3.05) is 27.3 Å². The van der Waals surface area contributed by atoms with Crippen molar-refractivity contribution in [3.05, 3.63) is 29.8 Å². The molecule has 1 amide bonds. The molecule has 0 aliphatic carbocycles. The van der Waals surface area contributed by atoms with Crippen molar-refractivity contribution in [3.8, 4) is 5.75 Å². The van der Waals surface area contributed by atoms with Crippen LogP contribution in [-0.2, 0) is 4.74 Å². The van der Waals surface area contributed by atoms with E-state index in [1.54, 1.807) is 20.3 Å². The highest BCUT2D eigenvalue weighted by Gasteiger charge is 2.29. The molecule has 1 aromatic carbocycles. The lowest BCUT2D eigenvalue weighted by Crippen LogP contribution is -2.45. The lowest BCUT2D eigenvalue weighted by Gasteiger charge is -2.36. The second-order valence-corrected chi connectivity index (χ2v) is 5.02. The highest BCUT2D eigenvalue weighted by atomic mass is 16.5. The van der Waals surface area contributed by atoms with Gasteiger partial charge in [-0.1, -0.05) is 13.0 Å². The quantitative estimate of drug-likeness (QED) is 0.839. The molecule has 0 radical (unpaired) electrons. The number of amides is 1. The molecule has 1 aliphatic heterocycles. The van der Waals surface area contributed by atoms with Crippen molar-refractivity contribution in [3.63, 3.8) is 0 Å². The van der Waals surface area contributed by atoms with E-state index in [4.69, 9.17) is 9.47 Å². The summed E-state index contributed by atoms with van der Waals surface area (Å²) in [4.78, 5) is 14.3. The third kappa shape index (κ3) is 3.07. The van der Waals surface area contributed by atoms with Crippen molar-refractivity contribution in [2.45, 2.75) is 19.4 Å². The normalized spacial score (nSPS) is 23.2. The van der Waals surface area contributed by atoms with Crippen LogP contribution in [0.1, 0.15) is 23.7 Å². The van der Waals surface area contributed by atoms with Crippen LogP contribution in [0, 0.1) is 5.92 Å². The average Bonchev–Trinajstić information content (AvgIpc) is 2.46. The fraction of sp³-hybridized carbons (Fsp3) is 0.533. The summed E-state index contributed by atoms with van der Waals surface area (Å²) in [6.07, 6.45) is 1.15. The van der Waals surface area contributed by atoms with E-state index in [0.29, 0.717) is 17.2 Å². The molecule has 0 spiro atoms. The molecule has 1 heterocycles. The van der Waals surface area contributed by atoms with Gasteiger partial charge in [-0.05, 0) is 30.5 Å². The summed E-state index contributed by atoms with van der Waals surface area (Å²) in [5, 5.41) is 0. The molecule has 1 saturated heterocycles. The van der Waals surface area contributed by atoms with Gasteiger partial charge in [-0.15, -0.1) is 0 Å². The van der Waals surface area contributed by atoms with Crippen molar-refractivity contribution >= 4 is 5.91 Å². The van der Waals surface area contributed by atoms with Gasteiger partial charge < -0.3 is 14.4 Å². The SMILES string of the molecule is COc1cccc(C(=O)N2CC[C@@H](OC)[C@H](C)C2)c1. The molecular formula is C15H21NO3. The lowest BCUT2D eigenvalue weighted by molar-refractivity contribution is 0.00295. The zero-order valence-corrected chi connectivity index (χ0v) is 11.8. The summed E-state index contributed by atoms with van der Waals surface area (Å²) in [7, 11) is 3.34. The van der Waals surface area contributed by atoms with Crippen molar-refractivity contribution in [1.29, 1.82) is 0 Å². The summed E-state index contributed by atoms with van der Waals surface area (Å²) in [5.74, 6) is 1.15. The van der Waals surface area contributed by atoms with E-state index in [1.807, 2.05) is 23.1 Å². The van der Waals surface area contributed by atoms with Crippen molar-refractivity contribution in [1.82, 2.24) is 4.90 Å². The smallest absolute Gasteiger partial charge is 0.253 e. The van der Waals surface area contributed by atoms with Gasteiger partial charge in [0.2, 0.25) is 0 Å². The van der Waals surface area contributed by atoms with Gasteiger partial charge in [-0.3, -0.25) is 4.79 Å². The maximum Gasteiger partial charge on any atom is 0.253 e. The number of benzene rings is 1. The number of hydrogen-bond donors (Lipinski definition) is 0. The molecule has 0 saturated carbocycles. The van der Waals surface area contributed by atoms with Gasteiger partial charge in [0.1, 0.15) is 5.75 Å². The Morgan fingerprint density at radius 1 is 1.37 bits per heavy atom. The fourth-order valence-corrected chi connectivity index (χ4v) is 2.60. The molecule has 0 bridgehead atoms. The number of nitrogens with zero attached hydrogens (tertiary/aromatic N) is 1. The Morgan fingerprint density at radius 2 is 2.16 bits per heavy atom. The van der Waals surface area contributed by atoms with Gasteiger partial charge in [0, 0.05) is 25.8 Å². The molecule has 1 fully saturated rings. The summed E-state index contributed by atoms with van der Waals surface area (Å²) < 4.78 is 10.6. The van der Waals surface area contributed by atoms with Gasteiger partial charge in [-0.25, -0.2) is 0 Å². The van der Waals surface area contributed by atoms with Crippen LogP contribution in [0.3, 0.4) is 0 Å². The van der Waals surface area contributed by atoms with Crippen LogP contribution >= 0.6 is 0 Å². The third-order valence-electron chi connectivity index (χ3n) is 3.73. The minimum absolute atomic E-state index is 0.0697. The Morgan fingerprint density at radius 3 is 2.79 bits per heavy atom. The molecule has 2 rings (SSSR count). The van der Waals surface area contributed by atoms with Gasteiger partial charge in [-0.2, -0.15) is 0 Å². The van der Waals surface area contributed by atoms with Crippen molar-refractivity contribution < 1.29 is 14.3 Å². The standard InChI is InChI=1S/C15H21NO3/c1-11-10-16(8-7-14(11)19-3)15(17)12-5-4-6-13(9-12)18-2/h4-6,9,11,14H,7-8,10H2,1-3H3/t11-,14-/m1/s1. The van der Waals surface area contributed by atoms with E-state index in [2.05, 4.69) is 6.92 Å². The molecule has 2 atom stereocenters. The van der Waals surface area contributed by atoms with Crippen LogP contribution < -0.4 is 4.74 Å². The first-order chi connectivity index (χ1) is 9.15. The van der Waals surface area contributed by atoms with Gasteiger partial charge in [0.25, 0.3) is 5.91 Å². The molecule has 0 unspecified atom stereocenters. The van der Waals surface area contributed by atoms with Gasteiger partial charge >= 0.3 is 0 Å². The first-order valence-electron chi connectivity index (χ1n) is 6.62. The molecule has 0 N–H and O–H groups in total. The number of piperidine rings is 1. The Kier molecular flexibility index (Phi) is 4.43. The Labute approximate surface area is 114 Å². The van der Waals surface area contributed by atoms with Crippen LogP contribution in [0.15, 0.2) is 24.3 Å². The minimum atomic E-state index is 0.0697. The number of methoxy groups -OCH3 is 2. The molecule has 19 heavy (non-hydrogen) atoms. The zero-order chi connectivity index (χ0) is 13.8. The monoisotopic (exact) mass is 263 g/mol. The number of likely N-dealkylation sites (tertiary alicyclic amines) is 1. The second kappa shape index (κ2) is 6.06. The maximum atomic E-state index is 12.4. The predicted molar refractivity (Wildman–Crippen MR) is 73.5 cm³/mol. The number of carbonyl (C=O) groups is 1. The molecule has 4 heteroatoms. The number of hydrogen-bond acceptors (Lipinski definition) is 3. The number of ether oxygens (including phenoxy) is 2. The van der Waals surface area contributed by atoms with Crippen molar-refractivity contribution in [2.24, 2.45) is 5.92 Å². The van der Waals surface area contributed by atoms with Crippen LogP contribution in [0.2, 0.25) is 0 Å². The van der Waals surface area contributed by atoms with Gasteiger partial charge in [0.15, 0.2) is 0 Å². The van der Waals surface area contributed by atoms with Gasteiger partial charge in [0.05, 0.1) is 13.2 Å². The fourth-order valence-electron chi connectivity index (χ4n) is 2.60. The van der Waals surface area contributed by atoms with Crippen LogP contribution in [0.5, 0.6) is 5.75 Å². The third-order valence-corrected chi connectivity index (χ3v) is 3.73. The van der Waals surface area contributed by atoms with E-state index < -0.39 is 0 Å². The van der Waals surface area contributed by atoms with E-state index in [0.717, 1.165) is 19.5 Å². The molecular weight excluding hydrogens is 242 g/mol. The Hall–Kier alpha value is -1.55. The summed E-state index contributed by atoms with van der Waals surface area (Å²) in [6.45, 7) is 3.62. The summed E-state index contributed by atoms with van der Waals surface area (Å²) >= 11 is 0. The van der Waals surface area contributed by atoms with E-state index >= 15 is 0 Å². The van der Waals surface area contributed by atoms with E-state index in [1.165, 1.54) is 0 Å². The van der Waals surface area contributed by atoms with Crippen LogP contribution in [0.4, 0.5) is 0 Å². The molecule has 104 valence electrons. The van der Waals surface area contributed by atoms with E-state index in [-0.39, 0.29) is 12.0 Å². The highest BCUT2D eigenvalue weighted by Crippen LogP contribution is 2.22. The number of carbonyl (C=O) groups excluding carboxylic acids is 1. The second-order valence-electron chi connectivity index (χ2n) is 5.02. The maximum absolute atomic E-state index is 12.4. The summed E-state index contributed by atoms with van der Waals surface area (Å²) in [5.41, 5.74) is 0.683. The van der Waals surface area contributed by atoms with Crippen LogP contribution in [0.25, 0.3) is 0 Å². The first kappa shape index (κ1) is 13.9. The average molecular weight is 263 g/mol. The first-order valence-corrected chi connectivity index (χ1v) is 6.62. The number of rotatable bonds is 3. The zero-order valence-electron chi connectivity index (χ0n) is 11.8. The molecule has 4 nitrogen and oxygen atoms in total. The summed E-state index contributed by atoms with van der Waals surface area (Å²) in [6, 6.07) is 7.31. The highest BCUT2D eigenvalue weighted by molar-refractivity contribution is 5.94. The molecule has 0 aromatic heterocycles. The molecule has 1 aromatic rings. The predicted octanol–water partition coefficient (Wildman–Crippen LogP) is 2.19. The molecule has 1 aliphatic rings. The Bertz CT molecular complexity index is 447. The lowest BCUT2D eigenvalue weighted by atomic mass is 9.96. The minimum Gasteiger partial charge on any atom is -0.497 e. The largest absolute Gasteiger partial charge is 0.497 e. The van der Waals surface area contributed by atoms with E-state index in [9.17, 15) is 4.79 Å². The topological polar surface area (TPSA) is 38.8 Å². The van der Waals surface area contributed by atoms with Crippen LogP contribution in [-0.4, -0.2) is 44.2 Å². The Balaban J connectivity index is 2.07.